The number of nitrogens with zero attached hydrogens (tertiary/aromatic N) is 1. The van der Waals surface area contributed by atoms with E-state index in [1.165, 1.54) is 13.2 Å². The van der Waals surface area contributed by atoms with Crippen LogP contribution in [0.3, 0.4) is 0 Å². The van der Waals surface area contributed by atoms with Crippen LogP contribution in [-0.2, 0) is 61.5 Å². The van der Waals surface area contributed by atoms with Crippen LogP contribution >= 0.6 is 0 Å². The van der Waals surface area contributed by atoms with Crippen molar-refractivity contribution in [2.45, 2.75) is 143 Å². The summed E-state index contributed by atoms with van der Waals surface area (Å²) in [5.74, 6) is -4.94. The molecule has 0 spiro atoms. The Morgan fingerprint density at radius 2 is 1.34 bits per heavy atom. The molecule has 0 unspecified atom stereocenters. The van der Waals surface area contributed by atoms with Gasteiger partial charge in [-0.2, -0.15) is 5.26 Å². The summed E-state index contributed by atoms with van der Waals surface area (Å²) < 4.78 is 54.9. The van der Waals surface area contributed by atoms with Crippen molar-refractivity contribution >= 4 is 32.2 Å². The van der Waals surface area contributed by atoms with Crippen LogP contribution in [0.5, 0.6) is 0 Å². The topological polar surface area (TPSA) is 175 Å². The molecule has 300 valence electrons. The zero-order valence-corrected chi connectivity index (χ0v) is 34.8. The Bertz CT molecular complexity index is 1360. The van der Waals surface area contributed by atoms with Crippen molar-refractivity contribution in [1.29, 1.82) is 5.26 Å². The molecular formula is C38H61NO13Si. The second-order valence-corrected chi connectivity index (χ2v) is 20.8. The Kier molecular flexibility index (Phi) is 17.3. The molecule has 1 aliphatic heterocycles. The van der Waals surface area contributed by atoms with Crippen molar-refractivity contribution in [3.8, 4) is 6.07 Å². The largest absolute Gasteiger partial charge is 0.463 e. The maximum Gasteiger partial charge on any atom is 0.308 e. The van der Waals surface area contributed by atoms with Crippen LogP contribution in [0.4, 0.5) is 0 Å². The summed E-state index contributed by atoms with van der Waals surface area (Å²) >= 11 is 0. The molecule has 14 nitrogen and oxygen atoms in total. The van der Waals surface area contributed by atoms with Gasteiger partial charge in [-0.1, -0.05) is 88.3 Å². The molecule has 2 rings (SSSR count). The van der Waals surface area contributed by atoms with Crippen LogP contribution in [0.2, 0.25) is 18.1 Å². The number of hydrogen-bond donors (Lipinski definition) is 0. The molecule has 0 bridgehead atoms. The molecule has 0 saturated carbocycles. The van der Waals surface area contributed by atoms with E-state index in [0.717, 1.165) is 0 Å². The Morgan fingerprint density at radius 1 is 0.830 bits per heavy atom. The lowest BCUT2D eigenvalue weighted by Gasteiger charge is -2.48. The number of carbonyl (C=O) groups is 4. The first-order valence-corrected chi connectivity index (χ1v) is 21.1. The first-order valence-electron chi connectivity index (χ1n) is 18.2. The van der Waals surface area contributed by atoms with E-state index in [0.29, 0.717) is 5.57 Å². The third kappa shape index (κ3) is 12.7. The summed E-state index contributed by atoms with van der Waals surface area (Å²) in [5.41, 5.74) is 0.401. The van der Waals surface area contributed by atoms with Crippen LogP contribution in [0, 0.1) is 35.0 Å². The molecule has 0 amide bonds. The van der Waals surface area contributed by atoms with Crippen LogP contribution in [0.15, 0.2) is 23.8 Å². The molecule has 15 heteroatoms. The van der Waals surface area contributed by atoms with Gasteiger partial charge in [0.1, 0.15) is 37.8 Å². The van der Waals surface area contributed by atoms with Gasteiger partial charge in [-0.25, -0.2) is 0 Å². The second kappa shape index (κ2) is 20.0. The number of nitriles is 1. The minimum Gasteiger partial charge on any atom is -0.463 e. The number of ether oxygens (including phenoxy) is 8. The van der Waals surface area contributed by atoms with Gasteiger partial charge in [-0.15, -0.1) is 0 Å². The first-order chi connectivity index (χ1) is 24.6. The van der Waals surface area contributed by atoms with Gasteiger partial charge in [0, 0.05) is 13.2 Å². The monoisotopic (exact) mass is 767 g/mol. The lowest BCUT2D eigenvalue weighted by molar-refractivity contribution is -0.322. The number of esters is 4. The average molecular weight is 768 g/mol. The van der Waals surface area contributed by atoms with Crippen molar-refractivity contribution in [3.05, 3.63) is 23.8 Å². The summed E-state index contributed by atoms with van der Waals surface area (Å²) in [6, 6.07) is 2.06. The van der Waals surface area contributed by atoms with E-state index in [2.05, 4.69) is 39.9 Å². The van der Waals surface area contributed by atoms with E-state index < -0.39 is 111 Å². The summed E-state index contributed by atoms with van der Waals surface area (Å²) in [5, 5.41) is 9.59. The zero-order valence-electron chi connectivity index (χ0n) is 33.8. The Labute approximate surface area is 315 Å². The maximum atomic E-state index is 13.4. The van der Waals surface area contributed by atoms with Gasteiger partial charge in [0.25, 0.3) is 0 Å². The van der Waals surface area contributed by atoms with Crippen LogP contribution in [-0.4, -0.2) is 102 Å². The van der Waals surface area contributed by atoms with E-state index in [1.807, 2.05) is 0 Å². The number of hydrogen-bond acceptors (Lipinski definition) is 14. The molecule has 8 atom stereocenters. The highest BCUT2D eigenvalue weighted by Crippen LogP contribution is 2.41. The fraction of sp³-hybridized carbons (Fsp3) is 0.763. The third-order valence-electron chi connectivity index (χ3n) is 9.18. The highest BCUT2D eigenvalue weighted by molar-refractivity contribution is 6.74. The highest BCUT2D eigenvalue weighted by atomic mass is 28.4. The quantitative estimate of drug-likeness (QED) is 0.0642. The summed E-state index contributed by atoms with van der Waals surface area (Å²) in [4.78, 5) is 52.5. The maximum absolute atomic E-state index is 13.4. The molecule has 1 heterocycles. The van der Waals surface area contributed by atoms with E-state index in [1.54, 1.807) is 67.5 Å². The van der Waals surface area contributed by atoms with Gasteiger partial charge >= 0.3 is 23.9 Å². The van der Waals surface area contributed by atoms with Crippen LogP contribution < -0.4 is 0 Å². The van der Waals surface area contributed by atoms with Crippen LogP contribution in [0.25, 0.3) is 0 Å². The lowest BCUT2D eigenvalue weighted by atomic mass is 9.92. The standard InChI is InChI=1S/C38H61NO13Si/c1-21(2)33(40)45-19-27-29(48-34(41)22(3)4)31(49-35(42)23(5)6)32(50-36(43)24(7)8)37(47-27)51-28-25(17-18-39)15-16-26(46-20-44-12)30(28)52-53(13,14)38(9,10)11/h15-17,21-24,26-32,37H,19-20H2,1-14H3/b25-17+/t26-,27-,28+,29-,30+,31+,32-,37+/m1/s1. The molecule has 0 aromatic rings. The van der Waals surface area contributed by atoms with Gasteiger partial charge in [0.05, 0.1) is 29.7 Å². The minimum absolute atomic E-state index is 0.0790. The number of allylic oxidation sites excluding steroid dienone is 1. The van der Waals surface area contributed by atoms with Gasteiger partial charge in [-0.05, 0) is 23.7 Å². The molecule has 1 saturated heterocycles. The Morgan fingerprint density at radius 3 is 1.81 bits per heavy atom. The molecule has 0 radical (unpaired) electrons. The fourth-order valence-electron chi connectivity index (χ4n) is 4.89. The molecular weight excluding hydrogens is 706 g/mol. The van der Waals surface area contributed by atoms with Crippen molar-refractivity contribution < 1.29 is 61.5 Å². The number of carbonyl (C=O) groups excluding carboxylic acids is 4. The molecule has 1 aliphatic carbocycles. The molecule has 0 aromatic carbocycles. The van der Waals surface area contributed by atoms with Crippen molar-refractivity contribution in [1.82, 2.24) is 0 Å². The zero-order chi connectivity index (χ0) is 40.4. The summed E-state index contributed by atoms with van der Waals surface area (Å²) in [6.45, 7) is 22.9. The fourth-order valence-corrected chi connectivity index (χ4v) is 6.18. The van der Waals surface area contributed by atoms with E-state index in [9.17, 15) is 24.4 Å². The third-order valence-corrected chi connectivity index (χ3v) is 13.7. The number of methoxy groups -OCH3 is 1. The van der Waals surface area contributed by atoms with E-state index in [4.69, 9.17) is 42.3 Å². The first kappa shape index (κ1) is 46.0. The molecule has 0 aromatic heterocycles. The van der Waals surface area contributed by atoms with Gasteiger partial charge < -0.3 is 42.3 Å². The van der Waals surface area contributed by atoms with Crippen molar-refractivity contribution in [2.75, 3.05) is 20.5 Å². The van der Waals surface area contributed by atoms with Crippen molar-refractivity contribution in [3.63, 3.8) is 0 Å². The lowest BCUT2D eigenvalue weighted by Crippen LogP contribution is -2.65. The molecule has 2 aliphatic rings. The normalized spacial score (nSPS) is 27.2. The van der Waals surface area contributed by atoms with Gasteiger partial charge in [-0.3, -0.25) is 19.2 Å². The van der Waals surface area contributed by atoms with Gasteiger partial charge in [0.15, 0.2) is 32.9 Å². The van der Waals surface area contributed by atoms with Crippen LogP contribution in [0.1, 0.15) is 76.2 Å². The van der Waals surface area contributed by atoms with Crippen molar-refractivity contribution in [2.24, 2.45) is 23.7 Å². The second-order valence-electron chi connectivity index (χ2n) is 16.1. The SMILES string of the molecule is COCO[C@@H]1C=C/C(=C\C#N)[C@H](O[C@@H]2O[C@H](COC(=O)C(C)C)[C@@H](OC(=O)C(C)C)[C@H](OC(=O)C(C)C)[C@H]2OC(=O)C(C)C)[C@H]1O[Si](C)(C)C(C)(C)C. The predicted octanol–water partition coefficient (Wildman–Crippen LogP) is 5.40. The van der Waals surface area contributed by atoms with Gasteiger partial charge in [0.2, 0.25) is 0 Å². The van der Waals surface area contributed by atoms with E-state index in [-0.39, 0.29) is 11.8 Å². The average Bonchev–Trinajstić information content (AvgIpc) is 3.05. The summed E-state index contributed by atoms with van der Waals surface area (Å²) in [7, 11) is -1.10. The summed E-state index contributed by atoms with van der Waals surface area (Å²) in [6.07, 6.45) is -5.10. The molecule has 0 N–H and O–H groups in total. The molecule has 1 fully saturated rings. The smallest absolute Gasteiger partial charge is 0.308 e. The number of rotatable bonds is 16. The Balaban J connectivity index is 2.87. The predicted molar refractivity (Wildman–Crippen MR) is 195 cm³/mol. The molecule has 53 heavy (non-hydrogen) atoms. The van der Waals surface area contributed by atoms with E-state index >= 15 is 0 Å². The highest BCUT2D eigenvalue weighted by Gasteiger charge is 2.56. The Hall–Kier alpha value is -3.13. The minimum atomic E-state index is -2.58.